The zero-order valence-corrected chi connectivity index (χ0v) is 13.6. The Morgan fingerprint density at radius 3 is 2.46 bits per heavy atom. The second kappa shape index (κ2) is 8.40. The average Bonchev–Trinajstić information content (AvgIpc) is 2.51. The lowest BCUT2D eigenvalue weighted by molar-refractivity contribution is -0.117. The van der Waals surface area contributed by atoms with Crippen LogP contribution in [0.15, 0.2) is 48.5 Å². The zero-order valence-electron chi connectivity index (χ0n) is 13.6. The molecular weight excluding hydrogens is 314 g/mol. The Labute approximate surface area is 140 Å². The first kappa shape index (κ1) is 17.9. The number of amides is 1. The number of benzene rings is 2. The van der Waals surface area contributed by atoms with E-state index in [-0.39, 0.29) is 18.2 Å². The number of hydrogen-bond donors (Lipinski definition) is 1. The zero-order chi connectivity index (χ0) is 17.5. The lowest BCUT2D eigenvalue weighted by Crippen LogP contribution is -2.30. The molecule has 0 aliphatic heterocycles. The molecule has 0 bridgehead atoms. The van der Waals surface area contributed by atoms with Crippen molar-refractivity contribution in [1.82, 2.24) is 4.90 Å². The molecule has 0 atom stereocenters. The van der Waals surface area contributed by atoms with Crippen LogP contribution < -0.4 is 10.1 Å². The van der Waals surface area contributed by atoms with Gasteiger partial charge in [-0.1, -0.05) is 30.3 Å². The summed E-state index contributed by atoms with van der Waals surface area (Å²) in [6, 6.07) is 14.0. The fourth-order valence-electron chi connectivity index (χ4n) is 2.29. The Bertz CT molecular complexity index is 675. The third-order valence-corrected chi connectivity index (χ3v) is 3.43. The van der Waals surface area contributed by atoms with Crippen LogP contribution in [-0.4, -0.2) is 31.0 Å². The lowest BCUT2D eigenvalue weighted by atomic mass is 10.2. The van der Waals surface area contributed by atoms with Gasteiger partial charge in [-0.2, -0.15) is 8.78 Å². The Morgan fingerprint density at radius 2 is 1.83 bits per heavy atom. The maximum Gasteiger partial charge on any atom is 0.387 e. The molecule has 0 saturated heterocycles. The molecule has 0 fully saturated rings. The van der Waals surface area contributed by atoms with E-state index in [0.717, 1.165) is 16.8 Å². The topological polar surface area (TPSA) is 41.6 Å². The predicted octanol–water partition coefficient (Wildman–Crippen LogP) is 3.67. The number of anilines is 1. The monoisotopic (exact) mass is 334 g/mol. The molecule has 0 saturated carbocycles. The summed E-state index contributed by atoms with van der Waals surface area (Å²) in [7, 11) is 1.82. The summed E-state index contributed by atoms with van der Waals surface area (Å²) in [5, 5.41) is 2.87. The van der Waals surface area contributed by atoms with Gasteiger partial charge < -0.3 is 10.1 Å². The van der Waals surface area contributed by atoms with Crippen LogP contribution >= 0.6 is 0 Å². The van der Waals surface area contributed by atoms with Crippen molar-refractivity contribution in [2.24, 2.45) is 0 Å². The molecule has 1 amide bonds. The molecule has 0 aromatic heterocycles. The van der Waals surface area contributed by atoms with E-state index in [1.807, 2.05) is 43.1 Å². The standard InChI is InChI=1S/C18H20F2N2O2/c1-13-5-3-4-6-16(13)21-17(23)12-22(2)11-14-7-9-15(10-8-14)24-18(19)20/h3-10,18H,11-12H2,1-2H3,(H,21,23). The van der Waals surface area contributed by atoms with Gasteiger partial charge in [0.1, 0.15) is 5.75 Å². The Kier molecular flexibility index (Phi) is 6.26. The Morgan fingerprint density at radius 1 is 1.17 bits per heavy atom. The number of likely N-dealkylation sites (N-methyl/N-ethyl adjacent to an activating group) is 1. The van der Waals surface area contributed by atoms with Crippen LogP contribution in [0.25, 0.3) is 0 Å². The molecule has 6 heteroatoms. The first-order valence-corrected chi connectivity index (χ1v) is 7.52. The predicted molar refractivity (Wildman–Crippen MR) is 89.2 cm³/mol. The molecule has 2 rings (SSSR count). The number of para-hydroxylation sites is 1. The SMILES string of the molecule is Cc1ccccc1NC(=O)CN(C)Cc1ccc(OC(F)F)cc1. The number of alkyl halides is 2. The van der Waals surface area contributed by atoms with E-state index in [1.54, 1.807) is 12.1 Å². The second-order valence-electron chi connectivity index (χ2n) is 5.56. The molecule has 0 radical (unpaired) electrons. The normalized spacial score (nSPS) is 10.9. The van der Waals surface area contributed by atoms with Crippen LogP contribution in [0.5, 0.6) is 5.75 Å². The van der Waals surface area contributed by atoms with E-state index < -0.39 is 6.61 Å². The maximum absolute atomic E-state index is 12.1. The average molecular weight is 334 g/mol. The molecule has 2 aromatic rings. The molecule has 24 heavy (non-hydrogen) atoms. The Balaban J connectivity index is 1.85. The fourth-order valence-corrected chi connectivity index (χ4v) is 2.29. The minimum absolute atomic E-state index is 0.107. The number of hydrogen-bond acceptors (Lipinski definition) is 3. The number of aryl methyl sites for hydroxylation is 1. The van der Waals surface area contributed by atoms with Crippen LogP contribution in [0, 0.1) is 6.92 Å². The van der Waals surface area contributed by atoms with E-state index in [0.29, 0.717) is 6.54 Å². The van der Waals surface area contributed by atoms with Gasteiger partial charge in [-0.15, -0.1) is 0 Å². The van der Waals surface area contributed by atoms with Crippen molar-refractivity contribution in [3.8, 4) is 5.75 Å². The number of ether oxygens (including phenoxy) is 1. The number of halogens is 2. The summed E-state index contributed by atoms with van der Waals surface area (Å²) in [5.41, 5.74) is 2.70. The summed E-state index contributed by atoms with van der Waals surface area (Å²) < 4.78 is 28.5. The third-order valence-electron chi connectivity index (χ3n) is 3.43. The first-order chi connectivity index (χ1) is 11.4. The van der Waals surface area contributed by atoms with Gasteiger partial charge in [0.15, 0.2) is 0 Å². The molecular formula is C18H20F2N2O2. The highest BCUT2D eigenvalue weighted by Crippen LogP contribution is 2.16. The smallest absolute Gasteiger partial charge is 0.387 e. The van der Waals surface area contributed by atoms with E-state index in [1.165, 1.54) is 12.1 Å². The Hall–Kier alpha value is -2.47. The molecule has 0 unspecified atom stereocenters. The minimum Gasteiger partial charge on any atom is -0.435 e. The highest BCUT2D eigenvalue weighted by molar-refractivity contribution is 5.92. The van der Waals surface area contributed by atoms with Crippen molar-refractivity contribution >= 4 is 11.6 Å². The quantitative estimate of drug-likeness (QED) is 0.840. The summed E-state index contributed by atoms with van der Waals surface area (Å²) >= 11 is 0. The van der Waals surface area contributed by atoms with E-state index in [2.05, 4.69) is 10.1 Å². The van der Waals surface area contributed by atoms with E-state index >= 15 is 0 Å². The van der Waals surface area contributed by atoms with Crippen molar-refractivity contribution in [2.75, 3.05) is 18.9 Å². The van der Waals surface area contributed by atoms with Crippen LogP contribution in [0.2, 0.25) is 0 Å². The third kappa shape index (κ3) is 5.62. The second-order valence-corrected chi connectivity index (χ2v) is 5.56. The molecule has 0 spiro atoms. The molecule has 4 nitrogen and oxygen atoms in total. The molecule has 0 heterocycles. The molecule has 2 aromatic carbocycles. The molecule has 128 valence electrons. The van der Waals surface area contributed by atoms with Gasteiger partial charge in [0.25, 0.3) is 0 Å². The van der Waals surface area contributed by atoms with Crippen molar-refractivity contribution in [3.63, 3.8) is 0 Å². The van der Waals surface area contributed by atoms with Gasteiger partial charge in [0.2, 0.25) is 5.91 Å². The fraction of sp³-hybridized carbons (Fsp3) is 0.278. The van der Waals surface area contributed by atoms with Gasteiger partial charge in [-0.25, -0.2) is 0 Å². The number of carbonyl (C=O) groups is 1. The van der Waals surface area contributed by atoms with Gasteiger partial charge in [0.05, 0.1) is 6.54 Å². The van der Waals surface area contributed by atoms with Gasteiger partial charge in [-0.3, -0.25) is 9.69 Å². The first-order valence-electron chi connectivity index (χ1n) is 7.52. The summed E-state index contributed by atoms with van der Waals surface area (Å²) in [4.78, 5) is 13.9. The van der Waals surface area contributed by atoms with Crippen molar-refractivity contribution < 1.29 is 18.3 Å². The van der Waals surface area contributed by atoms with Crippen LogP contribution in [0.4, 0.5) is 14.5 Å². The minimum atomic E-state index is -2.83. The maximum atomic E-state index is 12.1. The van der Waals surface area contributed by atoms with Crippen molar-refractivity contribution in [2.45, 2.75) is 20.1 Å². The number of rotatable bonds is 7. The van der Waals surface area contributed by atoms with Gasteiger partial charge in [-0.05, 0) is 43.3 Å². The summed E-state index contributed by atoms with van der Waals surface area (Å²) in [6.07, 6.45) is 0. The molecule has 1 N–H and O–H groups in total. The summed E-state index contributed by atoms with van der Waals surface area (Å²) in [5.74, 6) is 0.0122. The summed E-state index contributed by atoms with van der Waals surface area (Å²) in [6.45, 7) is -0.147. The number of carbonyl (C=O) groups excluding carboxylic acids is 1. The molecule has 0 aliphatic rings. The van der Waals surface area contributed by atoms with Crippen molar-refractivity contribution in [3.05, 3.63) is 59.7 Å². The van der Waals surface area contributed by atoms with E-state index in [9.17, 15) is 13.6 Å². The van der Waals surface area contributed by atoms with Gasteiger partial charge in [0, 0.05) is 12.2 Å². The highest BCUT2D eigenvalue weighted by atomic mass is 19.3. The molecule has 0 aliphatic carbocycles. The van der Waals surface area contributed by atoms with Gasteiger partial charge >= 0.3 is 6.61 Å². The van der Waals surface area contributed by atoms with Crippen LogP contribution in [0.3, 0.4) is 0 Å². The van der Waals surface area contributed by atoms with Crippen LogP contribution in [-0.2, 0) is 11.3 Å². The largest absolute Gasteiger partial charge is 0.435 e. The number of nitrogens with one attached hydrogen (secondary N) is 1. The lowest BCUT2D eigenvalue weighted by Gasteiger charge is -2.17. The van der Waals surface area contributed by atoms with E-state index in [4.69, 9.17) is 0 Å². The number of nitrogens with zero attached hydrogens (tertiary/aromatic N) is 1. The van der Waals surface area contributed by atoms with Crippen molar-refractivity contribution in [1.29, 1.82) is 0 Å². The van der Waals surface area contributed by atoms with Crippen LogP contribution in [0.1, 0.15) is 11.1 Å². The highest BCUT2D eigenvalue weighted by Gasteiger charge is 2.09.